The molecule has 33 heavy (non-hydrogen) atoms. The van der Waals surface area contributed by atoms with Crippen molar-refractivity contribution in [1.82, 2.24) is 4.98 Å². The predicted molar refractivity (Wildman–Crippen MR) is 137 cm³/mol. The molecular formula is C26H36BrN5S. The van der Waals surface area contributed by atoms with E-state index in [1.165, 1.54) is 68.9 Å². The van der Waals surface area contributed by atoms with Gasteiger partial charge >= 0.3 is 0 Å². The summed E-state index contributed by atoms with van der Waals surface area (Å²) >= 11 is 1.71. The number of anilines is 2. The minimum atomic E-state index is 0. The Kier molecular flexibility index (Phi) is 10.6. The van der Waals surface area contributed by atoms with Crippen molar-refractivity contribution in [2.75, 3.05) is 10.2 Å². The summed E-state index contributed by atoms with van der Waals surface area (Å²) < 4.78 is 1.20. The lowest BCUT2D eigenvalue weighted by molar-refractivity contribution is -0.548. The normalized spacial score (nSPS) is 13.4. The molecule has 1 aromatic heterocycles. The maximum Gasteiger partial charge on any atom is 0.261 e. The van der Waals surface area contributed by atoms with Crippen molar-refractivity contribution in [3.8, 4) is 0 Å². The molecule has 3 aromatic rings. The molecule has 178 valence electrons. The molecule has 1 aliphatic rings. The van der Waals surface area contributed by atoms with E-state index in [0.29, 0.717) is 0 Å². The van der Waals surface area contributed by atoms with E-state index >= 15 is 0 Å². The number of para-hydroxylation sites is 2. The number of aromatic nitrogens is 1. The predicted octanol–water partition coefficient (Wildman–Crippen LogP) is 3.64. The van der Waals surface area contributed by atoms with Crippen LogP contribution in [0.5, 0.6) is 0 Å². The number of hydrazone groups is 1. The molecule has 0 fully saturated rings. The smallest absolute Gasteiger partial charge is 0.261 e. The Morgan fingerprint density at radius 2 is 1.42 bits per heavy atom. The molecule has 0 spiro atoms. The van der Waals surface area contributed by atoms with E-state index < -0.39 is 0 Å². The molecule has 0 saturated carbocycles. The standard InChI is InChI=1S/C26H35N5S.BrH/c1-2-3-4-5-6-7-8-9-10-14-21-25-28-30(22-17-12-11-13-18-22)31(29-25)26-27-23-19-15-16-20-24(23)32-26;/h11-13,15-20H,2-10,14,21H2,1H3,(H,28,29);1H. The fraction of sp³-hybridized carbons (Fsp3) is 0.462. The second-order valence-corrected chi connectivity index (χ2v) is 9.60. The zero-order valence-corrected chi connectivity index (χ0v) is 22.0. The van der Waals surface area contributed by atoms with Gasteiger partial charge < -0.3 is 17.0 Å². The van der Waals surface area contributed by atoms with Crippen LogP contribution in [0.1, 0.15) is 77.6 Å². The van der Waals surface area contributed by atoms with Crippen molar-refractivity contribution < 1.29 is 22.4 Å². The molecule has 4 rings (SSSR count). The minimum Gasteiger partial charge on any atom is -1.00 e. The molecule has 0 unspecified atom stereocenters. The van der Waals surface area contributed by atoms with E-state index in [1.807, 2.05) is 17.3 Å². The first-order valence-corrected chi connectivity index (χ1v) is 13.1. The van der Waals surface area contributed by atoms with Crippen molar-refractivity contribution in [1.29, 1.82) is 0 Å². The number of unbranched alkanes of at least 4 members (excludes halogenated alkanes) is 9. The van der Waals surface area contributed by atoms with Gasteiger partial charge in [-0.25, -0.2) is 4.98 Å². The Bertz CT molecular complexity index is 958. The number of hydrazine groups is 1. The Hall–Kier alpha value is -1.96. The highest BCUT2D eigenvalue weighted by Gasteiger charge is 2.32. The summed E-state index contributed by atoms with van der Waals surface area (Å²) in [6.07, 6.45) is 14.6. The van der Waals surface area contributed by atoms with Crippen molar-refractivity contribution in [2.24, 2.45) is 5.10 Å². The van der Waals surface area contributed by atoms with Gasteiger partial charge in [-0.15, -0.1) is 5.12 Å². The Labute approximate surface area is 212 Å². The summed E-state index contributed by atoms with van der Waals surface area (Å²) in [5.41, 5.74) is 4.26. The summed E-state index contributed by atoms with van der Waals surface area (Å²) in [5.74, 6) is 1.13. The number of hydrogen-bond donors (Lipinski definition) is 1. The SMILES string of the molecule is CCCCCCCCCCCCC1=NN(c2ccccc2)N(c2nc3ccccc3s2)[NH2+]1.[Br-]. The van der Waals surface area contributed by atoms with Crippen LogP contribution in [0.4, 0.5) is 10.8 Å². The Morgan fingerprint density at radius 3 is 2.12 bits per heavy atom. The summed E-state index contributed by atoms with van der Waals surface area (Å²) in [7, 11) is 0. The molecule has 7 heteroatoms. The van der Waals surface area contributed by atoms with Crippen LogP contribution in [-0.2, 0) is 0 Å². The van der Waals surface area contributed by atoms with E-state index in [-0.39, 0.29) is 17.0 Å². The molecule has 2 heterocycles. The van der Waals surface area contributed by atoms with E-state index in [0.717, 1.165) is 28.6 Å². The third kappa shape index (κ3) is 7.26. The quantitative estimate of drug-likeness (QED) is 0.271. The maximum absolute atomic E-state index is 4.95. The van der Waals surface area contributed by atoms with Gasteiger partial charge in [0.05, 0.1) is 15.9 Å². The molecule has 0 saturated heterocycles. The van der Waals surface area contributed by atoms with Crippen LogP contribution >= 0.6 is 11.3 Å². The van der Waals surface area contributed by atoms with Crippen LogP contribution in [0.2, 0.25) is 0 Å². The average Bonchev–Trinajstić information content (AvgIpc) is 3.45. The second-order valence-electron chi connectivity index (χ2n) is 8.59. The Morgan fingerprint density at radius 1 is 0.788 bits per heavy atom. The van der Waals surface area contributed by atoms with Crippen molar-refractivity contribution in [2.45, 2.75) is 77.6 Å². The van der Waals surface area contributed by atoms with Crippen LogP contribution in [0.15, 0.2) is 59.7 Å². The molecule has 0 bridgehead atoms. The number of thiazole rings is 1. The van der Waals surface area contributed by atoms with Crippen molar-refractivity contribution in [3.63, 3.8) is 0 Å². The highest BCUT2D eigenvalue weighted by Crippen LogP contribution is 2.30. The highest BCUT2D eigenvalue weighted by atomic mass is 79.9. The second kappa shape index (κ2) is 13.7. The summed E-state index contributed by atoms with van der Waals surface area (Å²) in [6, 6.07) is 18.7. The number of halogens is 1. The Balaban J connectivity index is 0.00000306. The van der Waals surface area contributed by atoms with Gasteiger partial charge in [-0.2, -0.15) is 5.43 Å². The first-order valence-electron chi connectivity index (χ1n) is 12.3. The fourth-order valence-electron chi connectivity index (χ4n) is 4.14. The van der Waals surface area contributed by atoms with E-state index in [2.05, 4.69) is 59.9 Å². The highest BCUT2D eigenvalue weighted by molar-refractivity contribution is 7.22. The third-order valence-electron chi connectivity index (χ3n) is 5.95. The molecule has 1 aliphatic heterocycles. The molecule has 0 atom stereocenters. The number of hydrogen-bond acceptors (Lipinski definition) is 5. The van der Waals surface area contributed by atoms with Crippen LogP contribution in [0, 0.1) is 0 Å². The first kappa shape index (κ1) is 25.7. The topological polar surface area (TPSA) is 48.3 Å². The third-order valence-corrected chi connectivity index (χ3v) is 6.98. The lowest BCUT2D eigenvalue weighted by Crippen LogP contribution is -3.00. The summed E-state index contributed by atoms with van der Waals surface area (Å²) in [5, 5.41) is 10.00. The number of benzene rings is 2. The lowest BCUT2D eigenvalue weighted by Gasteiger charge is -2.21. The van der Waals surface area contributed by atoms with Gasteiger partial charge in [0.15, 0.2) is 0 Å². The molecule has 2 N–H and O–H groups in total. The van der Waals surface area contributed by atoms with Crippen molar-refractivity contribution in [3.05, 3.63) is 54.6 Å². The number of rotatable bonds is 13. The van der Waals surface area contributed by atoms with Crippen LogP contribution in [0.3, 0.4) is 0 Å². The van der Waals surface area contributed by atoms with Crippen molar-refractivity contribution >= 4 is 38.2 Å². The molecule has 0 radical (unpaired) electrons. The molecule has 5 nitrogen and oxygen atoms in total. The van der Waals surface area contributed by atoms with Gasteiger partial charge in [0.1, 0.15) is 0 Å². The van der Waals surface area contributed by atoms with Gasteiger partial charge in [-0.3, -0.25) is 0 Å². The van der Waals surface area contributed by atoms with Crippen LogP contribution in [-0.4, -0.2) is 10.8 Å². The van der Waals surface area contributed by atoms with Crippen LogP contribution < -0.4 is 32.6 Å². The number of amidine groups is 1. The number of nitrogens with zero attached hydrogens (tertiary/aromatic N) is 4. The van der Waals surface area contributed by atoms with Gasteiger partial charge in [-0.05, 0) is 30.7 Å². The van der Waals surface area contributed by atoms with E-state index in [4.69, 9.17) is 10.1 Å². The zero-order chi connectivity index (χ0) is 22.0. The zero-order valence-electron chi connectivity index (χ0n) is 19.6. The van der Waals surface area contributed by atoms with Gasteiger partial charge in [0.2, 0.25) is 5.84 Å². The monoisotopic (exact) mass is 529 g/mol. The maximum atomic E-state index is 4.95. The lowest BCUT2D eigenvalue weighted by atomic mass is 10.1. The van der Waals surface area contributed by atoms with Gasteiger partial charge in [0, 0.05) is 6.42 Å². The largest absolute Gasteiger partial charge is 1.00 e. The summed E-state index contributed by atoms with van der Waals surface area (Å²) in [4.78, 5) is 4.86. The molecule has 2 aromatic carbocycles. The van der Waals surface area contributed by atoms with E-state index in [1.54, 1.807) is 11.3 Å². The summed E-state index contributed by atoms with van der Waals surface area (Å²) in [6.45, 7) is 2.28. The fourth-order valence-corrected chi connectivity index (χ4v) is 5.07. The first-order chi connectivity index (χ1) is 15.8. The number of fused-ring (bicyclic) bond motifs is 1. The van der Waals surface area contributed by atoms with Crippen LogP contribution in [0.25, 0.3) is 10.2 Å². The van der Waals surface area contributed by atoms with Gasteiger partial charge in [-0.1, -0.05) is 117 Å². The molecular weight excluding hydrogens is 494 g/mol. The molecule has 0 amide bonds. The average molecular weight is 531 g/mol. The van der Waals surface area contributed by atoms with E-state index in [9.17, 15) is 0 Å². The van der Waals surface area contributed by atoms with Gasteiger partial charge in [0.25, 0.3) is 5.13 Å². The number of quaternary nitrogens is 1. The number of nitrogens with two attached hydrogens (primary N) is 1. The minimum absolute atomic E-state index is 0. The molecule has 0 aliphatic carbocycles.